The summed E-state index contributed by atoms with van der Waals surface area (Å²) >= 11 is 0. The first-order valence-corrected chi connectivity index (χ1v) is 10.8. The van der Waals surface area contributed by atoms with Crippen LogP contribution in [-0.2, 0) is 30.2 Å². The van der Waals surface area contributed by atoms with E-state index in [1.54, 1.807) is 32.9 Å². The van der Waals surface area contributed by atoms with Gasteiger partial charge in [-0.05, 0) is 38.5 Å². The van der Waals surface area contributed by atoms with Crippen LogP contribution >= 0.6 is 0 Å². The second kappa shape index (κ2) is 11.2. The Hall–Kier alpha value is -3.10. The van der Waals surface area contributed by atoms with Gasteiger partial charge >= 0.3 is 12.1 Å². The molecule has 2 aromatic rings. The van der Waals surface area contributed by atoms with E-state index in [1.165, 1.54) is 7.11 Å². The van der Waals surface area contributed by atoms with Gasteiger partial charge in [0.15, 0.2) is 6.29 Å². The Morgan fingerprint density at radius 1 is 1.03 bits per heavy atom. The van der Waals surface area contributed by atoms with Gasteiger partial charge in [0.05, 0.1) is 20.3 Å². The molecule has 33 heavy (non-hydrogen) atoms. The first-order chi connectivity index (χ1) is 15.7. The van der Waals surface area contributed by atoms with E-state index in [0.717, 1.165) is 11.1 Å². The normalized spacial score (nSPS) is 19.3. The van der Waals surface area contributed by atoms with E-state index < -0.39 is 23.7 Å². The number of benzene rings is 2. The van der Waals surface area contributed by atoms with Crippen LogP contribution in [0.1, 0.15) is 38.2 Å². The molecule has 0 aliphatic carbocycles. The molecule has 8 heteroatoms. The van der Waals surface area contributed by atoms with E-state index in [-0.39, 0.29) is 18.8 Å². The second-order valence-corrected chi connectivity index (χ2v) is 8.72. The third-order valence-electron chi connectivity index (χ3n) is 4.78. The van der Waals surface area contributed by atoms with Gasteiger partial charge in [-0.2, -0.15) is 0 Å². The number of esters is 1. The Morgan fingerprint density at radius 3 is 2.24 bits per heavy atom. The van der Waals surface area contributed by atoms with E-state index in [4.69, 9.17) is 23.7 Å². The number of hydrogen-bond donors (Lipinski definition) is 1. The fourth-order valence-electron chi connectivity index (χ4n) is 3.27. The largest absolute Gasteiger partial charge is 0.486 e. The highest BCUT2D eigenvalue weighted by atomic mass is 16.7. The highest BCUT2D eigenvalue weighted by molar-refractivity contribution is 5.81. The van der Waals surface area contributed by atoms with Gasteiger partial charge in [0.2, 0.25) is 0 Å². The van der Waals surface area contributed by atoms with Crippen LogP contribution in [0.4, 0.5) is 4.79 Å². The van der Waals surface area contributed by atoms with Crippen LogP contribution in [-0.4, -0.2) is 50.1 Å². The van der Waals surface area contributed by atoms with Crippen molar-refractivity contribution in [2.75, 3.05) is 20.3 Å². The molecule has 0 radical (unpaired) electrons. The van der Waals surface area contributed by atoms with E-state index in [1.807, 2.05) is 42.5 Å². The van der Waals surface area contributed by atoms with E-state index in [2.05, 4.69) is 5.32 Å². The summed E-state index contributed by atoms with van der Waals surface area (Å²) in [4.78, 5) is 24.2. The Bertz CT molecular complexity index is 901. The summed E-state index contributed by atoms with van der Waals surface area (Å²) in [7, 11) is 1.28. The zero-order chi connectivity index (χ0) is 23.8. The molecule has 1 fully saturated rings. The SMILES string of the molecule is COC(=O)[C@H](Cc1ccc(OC2COC(c3ccccc3)OC2)cc1)NC(=O)OC(C)(C)C. The molecule has 0 bridgehead atoms. The molecule has 3 rings (SSSR count). The third kappa shape index (κ3) is 7.76. The van der Waals surface area contributed by atoms with Gasteiger partial charge in [0.25, 0.3) is 0 Å². The molecule has 1 saturated heterocycles. The first-order valence-electron chi connectivity index (χ1n) is 10.8. The fourth-order valence-corrected chi connectivity index (χ4v) is 3.27. The maximum absolute atomic E-state index is 12.1. The van der Waals surface area contributed by atoms with Crippen molar-refractivity contribution in [3.8, 4) is 5.75 Å². The van der Waals surface area contributed by atoms with Crippen LogP contribution in [0, 0.1) is 0 Å². The molecule has 1 aliphatic rings. The summed E-state index contributed by atoms with van der Waals surface area (Å²) in [6, 6.07) is 16.2. The standard InChI is InChI=1S/C25H31NO7/c1-25(2,3)33-24(28)26-21(22(27)29-4)14-17-10-12-19(13-11-17)32-20-15-30-23(31-16-20)18-8-6-5-7-9-18/h5-13,20-21,23H,14-16H2,1-4H3,(H,26,28)/t20?,21-,23?/m0/s1. The van der Waals surface area contributed by atoms with Gasteiger partial charge in [-0.25, -0.2) is 9.59 Å². The van der Waals surface area contributed by atoms with Crippen molar-refractivity contribution in [1.82, 2.24) is 5.32 Å². The van der Waals surface area contributed by atoms with Crippen molar-refractivity contribution in [1.29, 1.82) is 0 Å². The number of methoxy groups -OCH3 is 1. The van der Waals surface area contributed by atoms with Crippen LogP contribution < -0.4 is 10.1 Å². The maximum Gasteiger partial charge on any atom is 0.408 e. The van der Waals surface area contributed by atoms with Crippen molar-refractivity contribution in [2.45, 2.75) is 51.2 Å². The number of alkyl carbamates (subject to hydrolysis) is 1. The van der Waals surface area contributed by atoms with Gasteiger partial charge < -0.3 is 29.0 Å². The van der Waals surface area contributed by atoms with Crippen molar-refractivity contribution in [3.63, 3.8) is 0 Å². The lowest BCUT2D eigenvalue weighted by atomic mass is 10.1. The molecule has 178 valence electrons. The molecule has 2 aromatic carbocycles. The minimum atomic E-state index is -0.869. The molecule has 1 amide bonds. The minimum absolute atomic E-state index is 0.229. The number of carbonyl (C=O) groups is 2. The van der Waals surface area contributed by atoms with Crippen LogP contribution in [0.15, 0.2) is 54.6 Å². The summed E-state index contributed by atoms with van der Waals surface area (Å²) in [5, 5.41) is 2.57. The Labute approximate surface area is 194 Å². The lowest BCUT2D eigenvalue weighted by molar-refractivity contribution is -0.215. The zero-order valence-corrected chi connectivity index (χ0v) is 19.4. The quantitative estimate of drug-likeness (QED) is 0.633. The Morgan fingerprint density at radius 2 is 1.67 bits per heavy atom. The first kappa shape index (κ1) is 24.5. The van der Waals surface area contributed by atoms with Crippen LogP contribution in [0.2, 0.25) is 0 Å². The molecule has 1 atom stereocenters. The molecular formula is C25H31NO7. The fraction of sp³-hybridized carbons (Fsp3) is 0.440. The molecule has 1 N–H and O–H groups in total. The van der Waals surface area contributed by atoms with Gasteiger partial charge in [0.1, 0.15) is 23.5 Å². The molecule has 8 nitrogen and oxygen atoms in total. The second-order valence-electron chi connectivity index (χ2n) is 8.72. The summed E-state index contributed by atoms with van der Waals surface area (Å²) in [5.74, 6) is 0.106. The molecule has 0 saturated carbocycles. The lowest BCUT2D eigenvalue weighted by Gasteiger charge is -2.30. The van der Waals surface area contributed by atoms with Crippen LogP contribution in [0.5, 0.6) is 5.75 Å². The number of amides is 1. The zero-order valence-electron chi connectivity index (χ0n) is 19.4. The molecule has 1 heterocycles. The molecule has 0 unspecified atom stereocenters. The van der Waals surface area contributed by atoms with Crippen molar-refractivity contribution < 1.29 is 33.3 Å². The average molecular weight is 458 g/mol. The molecular weight excluding hydrogens is 426 g/mol. The predicted molar refractivity (Wildman–Crippen MR) is 121 cm³/mol. The van der Waals surface area contributed by atoms with Crippen molar-refractivity contribution in [3.05, 3.63) is 65.7 Å². The van der Waals surface area contributed by atoms with Crippen molar-refractivity contribution >= 4 is 12.1 Å². The van der Waals surface area contributed by atoms with Gasteiger partial charge in [0, 0.05) is 12.0 Å². The summed E-state index contributed by atoms with van der Waals surface area (Å²) in [6.45, 7) is 6.07. The van der Waals surface area contributed by atoms with E-state index in [0.29, 0.717) is 19.0 Å². The monoisotopic (exact) mass is 457 g/mol. The summed E-state index contributed by atoms with van der Waals surface area (Å²) < 4.78 is 27.6. The highest BCUT2D eigenvalue weighted by Crippen LogP contribution is 2.25. The third-order valence-corrected chi connectivity index (χ3v) is 4.78. The number of ether oxygens (including phenoxy) is 5. The molecule has 0 aromatic heterocycles. The van der Waals surface area contributed by atoms with Crippen molar-refractivity contribution in [2.24, 2.45) is 0 Å². The Kier molecular flexibility index (Phi) is 8.30. The molecule has 1 aliphatic heterocycles. The minimum Gasteiger partial charge on any atom is -0.486 e. The predicted octanol–water partition coefficient (Wildman–Crippen LogP) is 3.79. The average Bonchev–Trinajstić information content (AvgIpc) is 2.79. The lowest BCUT2D eigenvalue weighted by Crippen LogP contribution is -2.45. The smallest absolute Gasteiger partial charge is 0.408 e. The summed E-state index contributed by atoms with van der Waals surface area (Å²) in [6.07, 6.45) is -1.04. The van der Waals surface area contributed by atoms with E-state index >= 15 is 0 Å². The van der Waals surface area contributed by atoms with E-state index in [9.17, 15) is 9.59 Å². The maximum atomic E-state index is 12.1. The number of hydrogen-bond acceptors (Lipinski definition) is 7. The van der Waals surface area contributed by atoms with Gasteiger partial charge in [-0.15, -0.1) is 0 Å². The topological polar surface area (TPSA) is 92.3 Å². The van der Waals surface area contributed by atoms with Crippen LogP contribution in [0.25, 0.3) is 0 Å². The number of carbonyl (C=O) groups excluding carboxylic acids is 2. The van der Waals surface area contributed by atoms with Gasteiger partial charge in [-0.1, -0.05) is 42.5 Å². The number of nitrogens with one attached hydrogen (secondary N) is 1. The Balaban J connectivity index is 1.52. The van der Waals surface area contributed by atoms with Crippen LogP contribution in [0.3, 0.4) is 0 Å². The van der Waals surface area contributed by atoms with Gasteiger partial charge in [-0.3, -0.25) is 0 Å². The highest BCUT2D eigenvalue weighted by Gasteiger charge is 2.26. The number of rotatable bonds is 7. The summed E-state index contributed by atoms with van der Waals surface area (Å²) in [5.41, 5.74) is 1.13. The molecule has 0 spiro atoms.